The molecule has 1 fully saturated rings. The summed E-state index contributed by atoms with van der Waals surface area (Å²) in [6.07, 6.45) is 3.24. The van der Waals surface area contributed by atoms with Gasteiger partial charge in [0.1, 0.15) is 5.82 Å². The van der Waals surface area contributed by atoms with Crippen LogP contribution in [0.2, 0.25) is 0 Å². The highest BCUT2D eigenvalue weighted by atomic mass is 19.1. The van der Waals surface area contributed by atoms with Gasteiger partial charge < -0.3 is 15.5 Å². The molecule has 1 unspecified atom stereocenters. The average molecular weight is 307 g/mol. The van der Waals surface area contributed by atoms with E-state index >= 15 is 0 Å². The highest BCUT2D eigenvalue weighted by molar-refractivity contribution is 5.89. The molecule has 6 heteroatoms. The van der Waals surface area contributed by atoms with E-state index in [1.165, 1.54) is 19.1 Å². The van der Waals surface area contributed by atoms with Crippen LogP contribution in [-0.4, -0.2) is 35.8 Å². The lowest BCUT2D eigenvalue weighted by molar-refractivity contribution is -0.132. The van der Waals surface area contributed by atoms with Gasteiger partial charge in [0.25, 0.3) is 0 Å². The van der Waals surface area contributed by atoms with Gasteiger partial charge in [-0.25, -0.2) is 4.39 Å². The second-order valence-electron chi connectivity index (χ2n) is 5.66. The molecule has 2 rings (SSSR count). The van der Waals surface area contributed by atoms with E-state index in [9.17, 15) is 14.0 Å². The lowest BCUT2D eigenvalue weighted by atomic mass is 10.0. The van der Waals surface area contributed by atoms with E-state index in [0.29, 0.717) is 5.69 Å². The Kier molecular flexibility index (Phi) is 5.35. The predicted molar refractivity (Wildman–Crippen MR) is 84.2 cm³/mol. The molecule has 0 saturated carbocycles. The third-order valence-electron chi connectivity index (χ3n) is 3.84. The molecule has 0 radical (unpaired) electrons. The second kappa shape index (κ2) is 7.24. The summed E-state index contributed by atoms with van der Waals surface area (Å²) in [5.41, 5.74) is 0.708. The smallest absolute Gasteiger partial charge is 0.242 e. The lowest BCUT2D eigenvalue weighted by Crippen LogP contribution is -2.44. The first-order valence-electron chi connectivity index (χ1n) is 7.58. The molecule has 5 nitrogen and oxygen atoms in total. The van der Waals surface area contributed by atoms with Crippen molar-refractivity contribution in [2.24, 2.45) is 0 Å². The van der Waals surface area contributed by atoms with E-state index < -0.39 is 5.82 Å². The lowest BCUT2D eigenvalue weighted by Gasteiger charge is -2.33. The highest BCUT2D eigenvalue weighted by Gasteiger charge is 2.22. The molecule has 1 atom stereocenters. The number of piperidine rings is 1. The summed E-state index contributed by atoms with van der Waals surface area (Å²) in [6.45, 7) is 4.34. The van der Waals surface area contributed by atoms with Crippen molar-refractivity contribution in [3.05, 3.63) is 24.0 Å². The zero-order chi connectivity index (χ0) is 16.1. The van der Waals surface area contributed by atoms with Crippen LogP contribution in [0.5, 0.6) is 0 Å². The van der Waals surface area contributed by atoms with Gasteiger partial charge >= 0.3 is 0 Å². The molecule has 1 aliphatic heterocycles. The fourth-order valence-corrected chi connectivity index (χ4v) is 2.67. The van der Waals surface area contributed by atoms with Crippen LogP contribution in [0.1, 0.15) is 33.1 Å². The van der Waals surface area contributed by atoms with Crippen LogP contribution in [-0.2, 0) is 9.59 Å². The number of nitrogens with zero attached hydrogens (tertiary/aromatic N) is 1. The largest absolute Gasteiger partial charge is 0.376 e. The van der Waals surface area contributed by atoms with Crippen molar-refractivity contribution in [2.75, 3.05) is 23.7 Å². The van der Waals surface area contributed by atoms with Crippen molar-refractivity contribution >= 4 is 23.2 Å². The Morgan fingerprint density at radius 3 is 2.82 bits per heavy atom. The Morgan fingerprint density at radius 1 is 1.36 bits per heavy atom. The van der Waals surface area contributed by atoms with Gasteiger partial charge in [-0.05, 0) is 44.4 Å². The van der Waals surface area contributed by atoms with Crippen molar-refractivity contribution in [2.45, 2.75) is 39.2 Å². The molecule has 1 saturated heterocycles. The standard InChI is InChI=1S/C16H22FN3O2/c1-11-5-3-4-8-20(11)16(22)10-18-13-6-7-14(17)15(9-13)19-12(2)21/h6-7,9,11,18H,3-5,8,10H2,1-2H3,(H,19,21). The molecule has 0 spiro atoms. The Bertz CT molecular complexity index is 562. The molecule has 0 aromatic heterocycles. The van der Waals surface area contributed by atoms with Gasteiger partial charge in [-0.2, -0.15) is 0 Å². The monoisotopic (exact) mass is 307 g/mol. The summed E-state index contributed by atoms with van der Waals surface area (Å²) < 4.78 is 13.6. The molecule has 1 aromatic rings. The maximum absolute atomic E-state index is 13.6. The van der Waals surface area contributed by atoms with E-state index in [4.69, 9.17) is 0 Å². The summed E-state index contributed by atoms with van der Waals surface area (Å²) >= 11 is 0. The number of carbonyl (C=O) groups is 2. The van der Waals surface area contributed by atoms with Gasteiger partial charge in [0.05, 0.1) is 12.2 Å². The fourth-order valence-electron chi connectivity index (χ4n) is 2.67. The second-order valence-corrected chi connectivity index (χ2v) is 5.66. The number of anilines is 2. The minimum absolute atomic E-state index is 0.0394. The molecular formula is C16H22FN3O2. The molecule has 2 N–H and O–H groups in total. The first-order chi connectivity index (χ1) is 10.5. The maximum atomic E-state index is 13.6. The number of likely N-dealkylation sites (tertiary alicyclic amines) is 1. The third-order valence-corrected chi connectivity index (χ3v) is 3.84. The van der Waals surface area contributed by atoms with Crippen LogP contribution in [0.4, 0.5) is 15.8 Å². The first-order valence-corrected chi connectivity index (χ1v) is 7.58. The van der Waals surface area contributed by atoms with Crippen molar-refractivity contribution in [3.63, 3.8) is 0 Å². The fraction of sp³-hybridized carbons (Fsp3) is 0.500. The highest BCUT2D eigenvalue weighted by Crippen LogP contribution is 2.20. The Balaban J connectivity index is 1.96. The number of hydrogen-bond acceptors (Lipinski definition) is 3. The topological polar surface area (TPSA) is 61.4 Å². The third kappa shape index (κ3) is 4.19. The van der Waals surface area contributed by atoms with Crippen molar-refractivity contribution in [3.8, 4) is 0 Å². The number of amides is 2. The summed E-state index contributed by atoms with van der Waals surface area (Å²) in [6, 6.07) is 4.57. The molecule has 22 heavy (non-hydrogen) atoms. The zero-order valence-electron chi connectivity index (χ0n) is 13.0. The zero-order valence-corrected chi connectivity index (χ0v) is 13.0. The van der Waals surface area contributed by atoms with Gasteiger partial charge in [0.2, 0.25) is 11.8 Å². The molecular weight excluding hydrogens is 285 g/mol. The number of halogens is 1. The van der Waals surface area contributed by atoms with Crippen molar-refractivity contribution in [1.29, 1.82) is 0 Å². The molecule has 0 aliphatic carbocycles. The van der Waals surface area contributed by atoms with Crippen molar-refractivity contribution < 1.29 is 14.0 Å². The van der Waals surface area contributed by atoms with Gasteiger partial charge in [0, 0.05) is 25.2 Å². The van der Waals surface area contributed by atoms with Gasteiger partial charge in [-0.3, -0.25) is 9.59 Å². The van der Waals surface area contributed by atoms with Crippen molar-refractivity contribution in [1.82, 2.24) is 4.90 Å². The maximum Gasteiger partial charge on any atom is 0.242 e. The molecule has 1 aliphatic rings. The number of carbonyl (C=O) groups excluding carboxylic acids is 2. The number of nitrogens with one attached hydrogen (secondary N) is 2. The Morgan fingerprint density at radius 2 is 2.14 bits per heavy atom. The summed E-state index contributed by atoms with van der Waals surface area (Å²) in [5, 5.41) is 5.42. The predicted octanol–water partition coefficient (Wildman–Crippen LogP) is 2.60. The summed E-state index contributed by atoms with van der Waals surface area (Å²) in [4.78, 5) is 25.1. The van der Waals surface area contributed by atoms with E-state index in [1.807, 2.05) is 4.90 Å². The van der Waals surface area contributed by atoms with Crippen LogP contribution >= 0.6 is 0 Å². The van der Waals surface area contributed by atoms with E-state index in [2.05, 4.69) is 17.6 Å². The van der Waals surface area contributed by atoms with Gasteiger partial charge in [-0.15, -0.1) is 0 Å². The van der Waals surface area contributed by atoms with Crippen LogP contribution in [0.25, 0.3) is 0 Å². The normalized spacial score (nSPS) is 18.0. The molecule has 120 valence electrons. The first kappa shape index (κ1) is 16.3. The quantitative estimate of drug-likeness (QED) is 0.899. The number of hydrogen-bond donors (Lipinski definition) is 2. The molecule has 1 aromatic carbocycles. The van der Waals surface area contributed by atoms with E-state index in [0.717, 1.165) is 25.8 Å². The molecule has 2 amide bonds. The number of benzene rings is 1. The molecule has 1 heterocycles. The molecule has 0 bridgehead atoms. The summed E-state index contributed by atoms with van der Waals surface area (Å²) in [5.74, 6) is -0.802. The Hall–Kier alpha value is -2.11. The van der Waals surface area contributed by atoms with Crippen LogP contribution in [0.15, 0.2) is 18.2 Å². The van der Waals surface area contributed by atoms with E-state index in [1.54, 1.807) is 6.07 Å². The van der Waals surface area contributed by atoms with Crippen LogP contribution in [0, 0.1) is 5.82 Å². The average Bonchev–Trinajstić information content (AvgIpc) is 2.47. The van der Waals surface area contributed by atoms with Gasteiger partial charge in [0.15, 0.2) is 0 Å². The van der Waals surface area contributed by atoms with E-state index in [-0.39, 0.29) is 30.1 Å². The van der Waals surface area contributed by atoms with Gasteiger partial charge in [-0.1, -0.05) is 0 Å². The Labute approximate surface area is 129 Å². The van der Waals surface area contributed by atoms with Crippen LogP contribution < -0.4 is 10.6 Å². The van der Waals surface area contributed by atoms with Crippen LogP contribution in [0.3, 0.4) is 0 Å². The SMILES string of the molecule is CC(=O)Nc1cc(NCC(=O)N2CCCCC2C)ccc1F. The minimum atomic E-state index is -0.503. The minimum Gasteiger partial charge on any atom is -0.376 e. The number of rotatable bonds is 4. The summed E-state index contributed by atoms with van der Waals surface area (Å²) in [7, 11) is 0.